The fourth-order valence-corrected chi connectivity index (χ4v) is 3.22. The quantitative estimate of drug-likeness (QED) is 0.190. The second-order valence-electron chi connectivity index (χ2n) is 5.20. The van der Waals surface area contributed by atoms with Crippen molar-refractivity contribution in [2.45, 2.75) is 22.6 Å². The van der Waals surface area contributed by atoms with Crippen LogP contribution in [0.3, 0.4) is 0 Å². The predicted octanol–water partition coefficient (Wildman–Crippen LogP) is 2.88. The van der Waals surface area contributed by atoms with Crippen molar-refractivity contribution in [3.8, 4) is 0 Å². The Balaban J connectivity index is 2.41. The monoisotopic (exact) mass is 403 g/mol. The molecule has 142 valence electrons. The third kappa shape index (κ3) is 5.64. The minimum absolute atomic E-state index is 0.195. The molecular weight excluding hydrogens is 386 g/mol. The smallest absolute Gasteiger partial charge is 0.294 e. The topological polar surface area (TPSA) is 131 Å². The highest BCUT2D eigenvalue weighted by atomic mass is 32.2. The number of methoxy groups -OCH3 is 1. The van der Waals surface area contributed by atoms with Crippen LogP contribution in [0.1, 0.15) is 12.8 Å². The number of ether oxygens (including phenoxy) is 1. The maximum Gasteiger partial charge on any atom is 0.294 e. The number of hydrogen-bond acceptors (Lipinski definition) is 8. The van der Waals surface area contributed by atoms with Gasteiger partial charge in [-0.05, 0) is 36.1 Å². The number of nitrogens with one attached hydrogen (secondary N) is 1. The summed E-state index contributed by atoms with van der Waals surface area (Å²) in [6.07, 6.45) is 0.707. The average molecular weight is 403 g/mol. The molecule has 2 aromatic carbocycles. The van der Waals surface area contributed by atoms with E-state index in [4.69, 9.17) is 9.99 Å². The van der Waals surface area contributed by atoms with Crippen molar-refractivity contribution in [2.24, 2.45) is 0 Å². The zero-order valence-electron chi connectivity index (χ0n) is 13.7. The van der Waals surface area contributed by atoms with Crippen LogP contribution in [0.2, 0.25) is 0 Å². The van der Waals surface area contributed by atoms with Crippen molar-refractivity contribution in [3.05, 3.63) is 30.3 Å². The van der Waals surface area contributed by atoms with E-state index in [2.05, 4.69) is 14.7 Å². The highest BCUT2D eigenvalue weighted by Gasteiger charge is 2.15. The molecule has 0 heterocycles. The summed E-state index contributed by atoms with van der Waals surface area (Å²) >= 11 is 0.697. The van der Waals surface area contributed by atoms with Crippen LogP contribution in [0.25, 0.3) is 10.8 Å². The molecule has 11 heteroatoms. The standard InChI is InChI=1S/C15H17NO8S2/c1-22-6-2-3-15(17)16-14-9-12(26(19,20)21)8-10-7-11(25-24-23-18)4-5-13(10)14/h4-5,7-9,18H,2-3,6H2,1H3,(H,16,17)(H,19,20,21). The molecule has 0 atom stereocenters. The van der Waals surface area contributed by atoms with Gasteiger partial charge in [-0.3, -0.25) is 9.35 Å². The number of anilines is 1. The summed E-state index contributed by atoms with van der Waals surface area (Å²) in [5, 5.41) is 15.4. The first-order chi connectivity index (χ1) is 12.3. The number of rotatable bonds is 9. The predicted molar refractivity (Wildman–Crippen MR) is 94.2 cm³/mol. The van der Waals surface area contributed by atoms with Crippen molar-refractivity contribution in [2.75, 3.05) is 19.0 Å². The third-order valence-electron chi connectivity index (χ3n) is 3.38. The van der Waals surface area contributed by atoms with Crippen LogP contribution in [0.15, 0.2) is 40.1 Å². The van der Waals surface area contributed by atoms with Gasteiger partial charge in [0.25, 0.3) is 10.1 Å². The minimum Gasteiger partial charge on any atom is -0.385 e. The summed E-state index contributed by atoms with van der Waals surface area (Å²) < 4.78 is 41.6. The summed E-state index contributed by atoms with van der Waals surface area (Å²) in [5.74, 6) is -0.314. The van der Waals surface area contributed by atoms with Crippen LogP contribution in [-0.4, -0.2) is 37.9 Å². The summed E-state index contributed by atoms with van der Waals surface area (Å²) in [4.78, 5) is 12.2. The first kappa shape index (κ1) is 20.6. The number of fused-ring (bicyclic) bond motifs is 1. The summed E-state index contributed by atoms with van der Waals surface area (Å²) in [7, 11) is -2.95. The highest BCUT2D eigenvalue weighted by Crippen LogP contribution is 2.31. The largest absolute Gasteiger partial charge is 0.385 e. The molecule has 0 saturated heterocycles. The molecule has 1 amide bonds. The van der Waals surface area contributed by atoms with Gasteiger partial charge < -0.3 is 10.1 Å². The maximum atomic E-state index is 12.1. The first-order valence-electron chi connectivity index (χ1n) is 7.34. The maximum absolute atomic E-state index is 12.1. The number of carbonyl (C=O) groups excluding carboxylic acids is 1. The Morgan fingerprint density at radius 1 is 1.27 bits per heavy atom. The lowest BCUT2D eigenvalue weighted by Gasteiger charge is -2.12. The normalized spacial score (nSPS) is 11.7. The van der Waals surface area contributed by atoms with E-state index < -0.39 is 10.1 Å². The van der Waals surface area contributed by atoms with Gasteiger partial charge in [0.1, 0.15) is 0 Å². The fourth-order valence-electron chi connectivity index (χ4n) is 2.27. The van der Waals surface area contributed by atoms with Gasteiger partial charge in [0.2, 0.25) is 5.91 Å². The van der Waals surface area contributed by atoms with Crippen molar-refractivity contribution in [3.63, 3.8) is 0 Å². The van der Waals surface area contributed by atoms with Gasteiger partial charge in [-0.15, -0.1) is 4.33 Å². The zero-order valence-corrected chi connectivity index (χ0v) is 15.3. The number of hydrogen-bond donors (Lipinski definition) is 3. The highest BCUT2D eigenvalue weighted by molar-refractivity contribution is 7.94. The van der Waals surface area contributed by atoms with Gasteiger partial charge in [-0.2, -0.15) is 8.42 Å². The van der Waals surface area contributed by atoms with E-state index in [1.54, 1.807) is 18.2 Å². The van der Waals surface area contributed by atoms with E-state index >= 15 is 0 Å². The molecule has 0 saturated carbocycles. The fraction of sp³-hybridized carbons (Fsp3) is 0.267. The average Bonchev–Trinajstić information content (AvgIpc) is 2.59. The van der Waals surface area contributed by atoms with Crippen molar-refractivity contribution in [1.29, 1.82) is 0 Å². The summed E-state index contributed by atoms with van der Waals surface area (Å²) in [6, 6.07) is 7.26. The minimum atomic E-state index is -4.48. The Labute approximate surface area is 154 Å². The molecule has 0 aliphatic heterocycles. The first-order valence-corrected chi connectivity index (χ1v) is 9.52. The molecule has 0 aliphatic rings. The van der Waals surface area contributed by atoms with Crippen LogP contribution in [0.5, 0.6) is 0 Å². The van der Waals surface area contributed by atoms with Crippen LogP contribution >= 0.6 is 12.0 Å². The van der Waals surface area contributed by atoms with Gasteiger partial charge in [0.05, 0.1) is 16.9 Å². The van der Waals surface area contributed by atoms with Crippen molar-refractivity contribution < 1.29 is 37.1 Å². The molecule has 0 fully saturated rings. The van der Waals surface area contributed by atoms with Gasteiger partial charge in [0, 0.05) is 36.1 Å². The lowest BCUT2D eigenvalue weighted by molar-refractivity contribution is -0.432. The second kappa shape index (κ2) is 9.28. The molecule has 2 rings (SSSR count). The molecule has 26 heavy (non-hydrogen) atoms. The molecule has 0 unspecified atom stereocenters. The number of carbonyl (C=O) groups is 1. The second-order valence-corrected chi connectivity index (χ2v) is 7.39. The Morgan fingerprint density at radius 2 is 2.04 bits per heavy atom. The van der Waals surface area contributed by atoms with Crippen LogP contribution in [-0.2, 0) is 29.0 Å². The molecule has 3 N–H and O–H groups in total. The molecule has 0 aromatic heterocycles. The summed E-state index contributed by atoms with van der Waals surface area (Å²) in [5.41, 5.74) is 0.244. The molecule has 2 aromatic rings. The lowest BCUT2D eigenvalue weighted by atomic mass is 10.1. The molecule has 0 radical (unpaired) electrons. The van der Waals surface area contributed by atoms with E-state index in [1.165, 1.54) is 19.2 Å². The van der Waals surface area contributed by atoms with Crippen LogP contribution < -0.4 is 5.32 Å². The Morgan fingerprint density at radius 3 is 2.69 bits per heavy atom. The van der Waals surface area contributed by atoms with E-state index in [1.807, 2.05) is 0 Å². The Bertz CT molecular complexity index is 885. The SMILES string of the molecule is COCCCC(=O)Nc1cc(S(=O)(=O)O)cc2cc(SOOO)ccc12. The van der Waals surface area contributed by atoms with Gasteiger partial charge in [-0.25, -0.2) is 5.26 Å². The van der Waals surface area contributed by atoms with Gasteiger partial charge in [-0.1, -0.05) is 11.1 Å². The summed E-state index contributed by atoms with van der Waals surface area (Å²) in [6.45, 7) is 0.423. The Kier molecular flexibility index (Phi) is 7.34. The molecule has 9 nitrogen and oxygen atoms in total. The lowest BCUT2D eigenvalue weighted by Crippen LogP contribution is -2.13. The van der Waals surface area contributed by atoms with E-state index in [-0.39, 0.29) is 22.9 Å². The van der Waals surface area contributed by atoms with Crippen molar-refractivity contribution >= 4 is 44.5 Å². The van der Waals surface area contributed by atoms with E-state index in [0.29, 0.717) is 40.7 Å². The zero-order chi connectivity index (χ0) is 19.2. The van der Waals surface area contributed by atoms with Gasteiger partial charge >= 0.3 is 0 Å². The number of benzene rings is 2. The van der Waals surface area contributed by atoms with Crippen LogP contribution in [0, 0.1) is 0 Å². The van der Waals surface area contributed by atoms with E-state index in [9.17, 15) is 17.8 Å². The van der Waals surface area contributed by atoms with E-state index in [0.717, 1.165) is 0 Å². The third-order valence-corrected chi connectivity index (χ3v) is 4.79. The van der Waals surface area contributed by atoms with Gasteiger partial charge in [0.15, 0.2) is 0 Å². The Hall–Kier alpha value is -1.73. The molecular formula is C15H17NO8S2. The molecule has 0 aliphatic carbocycles. The molecule has 0 bridgehead atoms. The molecule has 0 spiro atoms. The number of amides is 1. The van der Waals surface area contributed by atoms with Crippen LogP contribution in [0.4, 0.5) is 5.69 Å². The van der Waals surface area contributed by atoms with Crippen molar-refractivity contribution in [1.82, 2.24) is 0 Å².